The Balaban J connectivity index is 2.17. The molecule has 2 rings (SSSR count). The third-order valence-corrected chi connectivity index (χ3v) is 5.06. The zero-order valence-corrected chi connectivity index (χ0v) is 13.5. The van der Waals surface area contributed by atoms with Crippen LogP contribution in [-0.4, -0.2) is 48.7 Å². The first-order valence-electron chi connectivity index (χ1n) is 6.24. The Morgan fingerprint density at radius 3 is 2.90 bits per heavy atom. The van der Waals surface area contributed by atoms with E-state index in [1.54, 1.807) is 16.3 Å². The maximum Gasteiger partial charge on any atom is 0.313 e. The number of nitrogens with zero attached hydrogens (tertiary/aromatic N) is 1. The minimum atomic E-state index is -0.990. The van der Waals surface area contributed by atoms with Crippen molar-refractivity contribution in [1.82, 2.24) is 4.90 Å². The van der Waals surface area contributed by atoms with Crippen molar-refractivity contribution in [3.05, 3.63) is 20.8 Å². The molecule has 0 radical (unpaired) electrons. The molecule has 0 spiro atoms. The number of methoxy groups -OCH3 is 1. The first kappa shape index (κ1) is 15.5. The van der Waals surface area contributed by atoms with Gasteiger partial charge >= 0.3 is 5.97 Å². The van der Waals surface area contributed by atoms with Gasteiger partial charge in [-0.1, -0.05) is 0 Å². The third-order valence-electron chi connectivity index (χ3n) is 3.55. The fourth-order valence-electron chi connectivity index (χ4n) is 2.54. The molecule has 1 atom stereocenters. The van der Waals surface area contributed by atoms with E-state index in [1.165, 1.54) is 18.4 Å². The summed E-state index contributed by atoms with van der Waals surface area (Å²) in [6, 6.07) is 1.76. The summed E-state index contributed by atoms with van der Waals surface area (Å²) >= 11 is 4.77. The molecule has 0 saturated carbocycles. The summed E-state index contributed by atoms with van der Waals surface area (Å²) in [5.74, 6) is -1.02. The van der Waals surface area contributed by atoms with E-state index in [0.717, 1.165) is 3.79 Å². The Hall–Kier alpha value is -0.920. The number of likely N-dealkylation sites (tertiary alicyclic amines) is 1. The van der Waals surface area contributed by atoms with Crippen LogP contribution in [0.5, 0.6) is 0 Å². The van der Waals surface area contributed by atoms with E-state index >= 15 is 0 Å². The molecular weight excluding hydrogens is 346 g/mol. The number of aliphatic carboxylic acids is 1. The number of thiophene rings is 1. The van der Waals surface area contributed by atoms with Crippen LogP contribution in [0.3, 0.4) is 0 Å². The minimum absolute atomic E-state index is 0.117. The molecule has 1 unspecified atom stereocenters. The van der Waals surface area contributed by atoms with Crippen molar-refractivity contribution in [3.8, 4) is 0 Å². The Morgan fingerprint density at radius 1 is 1.60 bits per heavy atom. The highest BCUT2D eigenvalue weighted by molar-refractivity contribution is 9.11. The second-order valence-corrected chi connectivity index (χ2v) is 7.28. The second-order valence-electron chi connectivity index (χ2n) is 4.99. The predicted octanol–water partition coefficient (Wildman–Crippen LogP) is 2.46. The van der Waals surface area contributed by atoms with Crippen molar-refractivity contribution in [2.24, 2.45) is 5.41 Å². The number of hydrogen-bond donors (Lipinski definition) is 1. The van der Waals surface area contributed by atoms with Crippen LogP contribution in [-0.2, 0) is 9.53 Å². The lowest BCUT2D eigenvalue weighted by Crippen LogP contribution is -2.52. The zero-order chi connectivity index (χ0) is 14.8. The summed E-state index contributed by atoms with van der Waals surface area (Å²) in [5.41, 5.74) is -0.392. The highest BCUT2D eigenvalue weighted by Gasteiger charge is 2.44. The fraction of sp³-hybridized carbons (Fsp3) is 0.538. The van der Waals surface area contributed by atoms with Gasteiger partial charge in [0.05, 0.1) is 16.0 Å². The number of carbonyl (C=O) groups excluding carboxylic acids is 1. The van der Waals surface area contributed by atoms with Crippen LogP contribution in [0.4, 0.5) is 0 Å². The van der Waals surface area contributed by atoms with Crippen LogP contribution in [0, 0.1) is 5.41 Å². The Bertz CT molecular complexity index is 514. The molecule has 0 aliphatic carbocycles. The van der Waals surface area contributed by atoms with Gasteiger partial charge in [0.25, 0.3) is 5.91 Å². The van der Waals surface area contributed by atoms with Gasteiger partial charge in [-0.05, 0) is 34.8 Å². The number of halogens is 1. The molecule has 5 nitrogen and oxygen atoms in total. The van der Waals surface area contributed by atoms with Crippen LogP contribution >= 0.6 is 27.3 Å². The standard InChI is InChI=1S/C13H16BrNO4S/c1-19-8-13(12(17)18)3-2-4-15(7-13)11(16)9-5-10(14)20-6-9/h5-6H,2-4,7-8H2,1H3,(H,17,18). The van der Waals surface area contributed by atoms with Gasteiger partial charge in [-0.2, -0.15) is 0 Å². The molecule has 1 fully saturated rings. The van der Waals surface area contributed by atoms with E-state index < -0.39 is 11.4 Å². The van der Waals surface area contributed by atoms with Crippen LogP contribution in [0.2, 0.25) is 0 Å². The summed E-state index contributed by atoms with van der Waals surface area (Å²) in [5, 5.41) is 11.2. The molecular formula is C13H16BrNO4S. The predicted molar refractivity (Wildman–Crippen MR) is 79.1 cm³/mol. The molecule has 20 heavy (non-hydrogen) atoms. The molecule has 1 aliphatic rings. The minimum Gasteiger partial charge on any atom is -0.481 e. The first-order valence-corrected chi connectivity index (χ1v) is 7.91. The van der Waals surface area contributed by atoms with Crippen LogP contribution < -0.4 is 0 Å². The number of carbonyl (C=O) groups is 2. The van der Waals surface area contributed by atoms with Gasteiger partial charge in [0, 0.05) is 25.6 Å². The number of hydrogen-bond acceptors (Lipinski definition) is 4. The maximum absolute atomic E-state index is 12.4. The third kappa shape index (κ3) is 3.05. The molecule has 1 saturated heterocycles. The normalized spacial score (nSPS) is 22.8. The van der Waals surface area contributed by atoms with Gasteiger partial charge in [0.1, 0.15) is 5.41 Å². The molecule has 1 N–H and O–H groups in total. The Labute approximate surface area is 129 Å². The molecule has 110 valence electrons. The summed E-state index contributed by atoms with van der Waals surface area (Å²) < 4.78 is 5.95. The van der Waals surface area contributed by atoms with Crippen molar-refractivity contribution in [2.75, 3.05) is 26.8 Å². The largest absolute Gasteiger partial charge is 0.481 e. The number of rotatable bonds is 4. The van der Waals surface area contributed by atoms with E-state index in [1.807, 2.05) is 0 Å². The summed E-state index contributed by atoms with van der Waals surface area (Å²) in [4.78, 5) is 25.6. The Morgan fingerprint density at radius 2 is 2.35 bits per heavy atom. The van der Waals surface area contributed by atoms with Gasteiger partial charge in [-0.25, -0.2) is 0 Å². The molecule has 1 aliphatic heterocycles. The summed E-state index contributed by atoms with van der Waals surface area (Å²) in [6.45, 7) is 0.910. The van der Waals surface area contributed by atoms with E-state index in [0.29, 0.717) is 24.9 Å². The maximum atomic E-state index is 12.4. The second kappa shape index (κ2) is 6.24. The molecule has 1 aromatic heterocycles. The van der Waals surface area contributed by atoms with Crippen LogP contribution in [0.1, 0.15) is 23.2 Å². The molecule has 1 amide bonds. The van der Waals surface area contributed by atoms with E-state index in [-0.39, 0.29) is 19.1 Å². The average Bonchev–Trinajstić information content (AvgIpc) is 2.85. The van der Waals surface area contributed by atoms with Gasteiger partial charge < -0.3 is 14.7 Å². The van der Waals surface area contributed by atoms with Crippen molar-refractivity contribution in [1.29, 1.82) is 0 Å². The fourth-order valence-corrected chi connectivity index (χ4v) is 3.67. The summed E-state index contributed by atoms with van der Waals surface area (Å²) in [6.07, 6.45) is 1.21. The highest BCUT2D eigenvalue weighted by atomic mass is 79.9. The van der Waals surface area contributed by atoms with Crippen molar-refractivity contribution in [3.63, 3.8) is 0 Å². The monoisotopic (exact) mass is 361 g/mol. The highest BCUT2D eigenvalue weighted by Crippen LogP contribution is 2.32. The number of carboxylic acid groups (broad SMARTS) is 1. The van der Waals surface area contributed by atoms with Crippen molar-refractivity contribution < 1.29 is 19.4 Å². The number of amides is 1. The molecule has 0 bridgehead atoms. The van der Waals surface area contributed by atoms with Crippen LogP contribution in [0.15, 0.2) is 15.2 Å². The molecule has 2 heterocycles. The average molecular weight is 362 g/mol. The summed E-state index contributed by atoms with van der Waals surface area (Å²) in [7, 11) is 1.49. The van der Waals surface area contributed by atoms with Gasteiger partial charge in [0.15, 0.2) is 0 Å². The topological polar surface area (TPSA) is 66.8 Å². The lowest BCUT2D eigenvalue weighted by molar-refractivity contribution is -0.155. The zero-order valence-electron chi connectivity index (χ0n) is 11.1. The number of piperidine rings is 1. The smallest absolute Gasteiger partial charge is 0.313 e. The van der Waals surface area contributed by atoms with Gasteiger partial charge in [-0.15, -0.1) is 11.3 Å². The van der Waals surface area contributed by atoms with E-state index in [4.69, 9.17) is 4.74 Å². The van der Waals surface area contributed by atoms with Crippen molar-refractivity contribution >= 4 is 39.1 Å². The van der Waals surface area contributed by atoms with Crippen LogP contribution in [0.25, 0.3) is 0 Å². The molecule has 0 aromatic carbocycles. The molecule has 1 aromatic rings. The van der Waals surface area contributed by atoms with E-state index in [9.17, 15) is 14.7 Å². The van der Waals surface area contributed by atoms with E-state index in [2.05, 4.69) is 15.9 Å². The van der Waals surface area contributed by atoms with Gasteiger partial charge in [0.2, 0.25) is 0 Å². The van der Waals surface area contributed by atoms with Crippen molar-refractivity contribution in [2.45, 2.75) is 12.8 Å². The quantitative estimate of drug-likeness (QED) is 0.894. The lowest BCUT2D eigenvalue weighted by Gasteiger charge is -2.39. The number of ether oxygens (including phenoxy) is 1. The number of carboxylic acids is 1. The van der Waals surface area contributed by atoms with Gasteiger partial charge in [-0.3, -0.25) is 9.59 Å². The lowest BCUT2D eigenvalue weighted by atomic mass is 9.80. The first-order chi connectivity index (χ1) is 9.48. The SMILES string of the molecule is COCC1(C(=O)O)CCCN(C(=O)c2csc(Br)c2)C1. The molecule has 7 heteroatoms. The Kier molecular flexibility index (Phi) is 4.82.